The van der Waals surface area contributed by atoms with Gasteiger partial charge in [-0.1, -0.05) is 18.2 Å². The van der Waals surface area contributed by atoms with Gasteiger partial charge in [-0.05, 0) is 6.07 Å². The Balaban J connectivity index is 3.33. The fraction of sp³-hybridized carbons (Fsp3) is 0.250. The molecule has 66 valence electrons. The lowest BCUT2D eigenvalue weighted by atomic mass is 10.2. The Morgan fingerprint density at radius 1 is 1.33 bits per heavy atom. The van der Waals surface area contributed by atoms with Crippen LogP contribution >= 0.6 is 0 Å². The second-order valence-corrected chi connectivity index (χ2v) is 4.50. The van der Waals surface area contributed by atoms with Gasteiger partial charge in [0.15, 0.2) is 9.84 Å². The summed E-state index contributed by atoms with van der Waals surface area (Å²) in [6, 6.07) is 6.07. The van der Waals surface area contributed by atoms with Crippen molar-refractivity contribution in [3.8, 4) is 0 Å². The number of rotatable bonds is 2. The summed E-state index contributed by atoms with van der Waals surface area (Å²) in [7, 11) is -3.29. The van der Waals surface area contributed by atoms with Gasteiger partial charge in [-0.2, -0.15) is 0 Å². The van der Waals surface area contributed by atoms with Crippen LogP contribution in [0, 0.1) is 0 Å². The summed E-state index contributed by atoms with van der Waals surface area (Å²) in [6.07, 6.45) is 1.07. The van der Waals surface area contributed by atoms with E-state index in [0.29, 0.717) is 0 Å². The van der Waals surface area contributed by atoms with E-state index in [1.54, 1.807) is 12.1 Å². The molecule has 0 aromatic heterocycles. The first-order chi connectivity index (χ1) is 5.55. The summed E-state index contributed by atoms with van der Waals surface area (Å²) in [4.78, 5) is 0.0764. The molecular weight excluding hydrogens is 179 g/mol. The summed E-state index contributed by atoms with van der Waals surface area (Å²) in [5.41, 5.74) is 0.222. The zero-order valence-electron chi connectivity index (χ0n) is 6.62. The minimum atomic E-state index is -3.29. The zero-order valence-corrected chi connectivity index (χ0v) is 7.44. The van der Waals surface area contributed by atoms with E-state index in [0.717, 1.165) is 6.26 Å². The lowest BCUT2D eigenvalue weighted by molar-refractivity contribution is 0.478. The maximum atomic E-state index is 12.3. The van der Waals surface area contributed by atoms with Crippen molar-refractivity contribution in [3.05, 3.63) is 29.8 Å². The van der Waals surface area contributed by atoms with Gasteiger partial charge in [-0.25, -0.2) is 12.8 Å². The molecule has 2 nitrogen and oxygen atoms in total. The summed E-state index contributed by atoms with van der Waals surface area (Å²) < 4.78 is 34.3. The van der Waals surface area contributed by atoms with Gasteiger partial charge >= 0.3 is 0 Å². The van der Waals surface area contributed by atoms with Crippen molar-refractivity contribution in [2.24, 2.45) is 0 Å². The fourth-order valence-corrected chi connectivity index (χ4v) is 1.90. The van der Waals surface area contributed by atoms with Gasteiger partial charge in [0.2, 0.25) is 0 Å². The van der Waals surface area contributed by atoms with Crippen LogP contribution in [0.15, 0.2) is 29.2 Å². The van der Waals surface area contributed by atoms with Crippen LogP contribution in [-0.4, -0.2) is 14.7 Å². The normalized spacial score (nSPS) is 11.5. The predicted octanol–water partition coefficient (Wildman–Crippen LogP) is 1.56. The third-order valence-electron chi connectivity index (χ3n) is 1.52. The molecule has 0 fully saturated rings. The molecule has 0 radical (unpaired) electrons. The number of hydrogen-bond acceptors (Lipinski definition) is 2. The number of hydrogen-bond donors (Lipinski definition) is 0. The molecule has 0 atom stereocenters. The summed E-state index contributed by atoms with van der Waals surface area (Å²) >= 11 is 0. The molecule has 0 aliphatic rings. The summed E-state index contributed by atoms with van der Waals surface area (Å²) in [5, 5.41) is 0. The SMILES string of the molecule is CS(=O)(=O)c1ccccc1CF. The molecule has 0 saturated carbocycles. The van der Waals surface area contributed by atoms with Gasteiger partial charge in [0.05, 0.1) is 4.90 Å². The van der Waals surface area contributed by atoms with E-state index in [-0.39, 0.29) is 10.5 Å². The minimum Gasteiger partial charge on any atom is -0.246 e. The number of sulfone groups is 1. The Morgan fingerprint density at radius 3 is 2.33 bits per heavy atom. The lowest BCUT2D eigenvalue weighted by Gasteiger charge is -2.02. The van der Waals surface area contributed by atoms with Crippen LogP contribution in [0.25, 0.3) is 0 Å². The number of benzene rings is 1. The first-order valence-electron chi connectivity index (χ1n) is 3.39. The second kappa shape index (κ2) is 3.23. The van der Waals surface area contributed by atoms with E-state index in [4.69, 9.17) is 0 Å². The quantitative estimate of drug-likeness (QED) is 0.705. The van der Waals surface area contributed by atoms with E-state index >= 15 is 0 Å². The van der Waals surface area contributed by atoms with Crippen LogP contribution in [0.1, 0.15) is 5.56 Å². The van der Waals surface area contributed by atoms with E-state index in [1.807, 2.05) is 0 Å². The van der Waals surface area contributed by atoms with Crippen LogP contribution in [0.3, 0.4) is 0 Å². The molecule has 0 aliphatic heterocycles. The van der Waals surface area contributed by atoms with Crippen LogP contribution < -0.4 is 0 Å². The largest absolute Gasteiger partial charge is 0.246 e. The van der Waals surface area contributed by atoms with E-state index in [1.165, 1.54) is 12.1 Å². The molecule has 0 unspecified atom stereocenters. The van der Waals surface area contributed by atoms with E-state index < -0.39 is 16.5 Å². The maximum Gasteiger partial charge on any atom is 0.175 e. The van der Waals surface area contributed by atoms with Crippen molar-refractivity contribution in [1.82, 2.24) is 0 Å². The molecule has 0 N–H and O–H groups in total. The van der Waals surface area contributed by atoms with Gasteiger partial charge in [0, 0.05) is 11.8 Å². The Hall–Kier alpha value is -0.900. The third kappa shape index (κ3) is 1.82. The Kier molecular flexibility index (Phi) is 2.47. The van der Waals surface area contributed by atoms with Crippen LogP contribution in [-0.2, 0) is 16.5 Å². The Bertz CT molecular complexity index is 370. The van der Waals surface area contributed by atoms with Crippen LogP contribution in [0.2, 0.25) is 0 Å². The first kappa shape index (κ1) is 9.19. The average Bonchev–Trinajstić information content (AvgIpc) is 2.03. The van der Waals surface area contributed by atoms with Gasteiger partial charge in [-0.15, -0.1) is 0 Å². The van der Waals surface area contributed by atoms with Gasteiger partial charge in [0.25, 0.3) is 0 Å². The molecule has 0 heterocycles. The van der Waals surface area contributed by atoms with E-state index in [9.17, 15) is 12.8 Å². The van der Waals surface area contributed by atoms with Crippen molar-refractivity contribution in [1.29, 1.82) is 0 Å². The highest BCUT2D eigenvalue weighted by Gasteiger charge is 2.11. The van der Waals surface area contributed by atoms with Crippen molar-refractivity contribution in [2.75, 3.05) is 6.26 Å². The van der Waals surface area contributed by atoms with Crippen molar-refractivity contribution < 1.29 is 12.8 Å². The molecule has 0 bridgehead atoms. The van der Waals surface area contributed by atoms with Crippen LogP contribution in [0.5, 0.6) is 0 Å². The molecule has 0 amide bonds. The van der Waals surface area contributed by atoms with Gasteiger partial charge in [-0.3, -0.25) is 0 Å². The fourth-order valence-electron chi connectivity index (χ4n) is 0.976. The predicted molar refractivity (Wildman–Crippen MR) is 44.4 cm³/mol. The van der Waals surface area contributed by atoms with Crippen molar-refractivity contribution in [3.63, 3.8) is 0 Å². The standard InChI is InChI=1S/C8H9FO2S/c1-12(10,11)8-5-3-2-4-7(8)6-9/h2-5H,6H2,1H3. The number of alkyl halides is 1. The Labute approximate surface area is 71.0 Å². The maximum absolute atomic E-state index is 12.3. The molecule has 1 aromatic carbocycles. The summed E-state index contributed by atoms with van der Waals surface area (Å²) in [6.45, 7) is -0.747. The Morgan fingerprint density at radius 2 is 1.92 bits per heavy atom. The summed E-state index contributed by atoms with van der Waals surface area (Å²) in [5.74, 6) is 0. The third-order valence-corrected chi connectivity index (χ3v) is 2.71. The molecule has 1 rings (SSSR count). The van der Waals surface area contributed by atoms with E-state index in [2.05, 4.69) is 0 Å². The molecule has 12 heavy (non-hydrogen) atoms. The smallest absolute Gasteiger partial charge is 0.175 e. The second-order valence-electron chi connectivity index (χ2n) is 2.51. The first-order valence-corrected chi connectivity index (χ1v) is 5.29. The average molecular weight is 188 g/mol. The van der Waals surface area contributed by atoms with Crippen molar-refractivity contribution in [2.45, 2.75) is 11.6 Å². The lowest BCUT2D eigenvalue weighted by Crippen LogP contribution is -2.00. The monoisotopic (exact) mass is 188 g/mol. The molecule has 0 aliphatic carbocycles. The molecule has 1 aromatic rings. The molecular formula is C8H9FO2S. The topological polar surface area (TPSA) is 34.1 Å². The highest BCUT2D eigenvalue weighted by atomic mass is 32.2. The van der Waals surface area contributed by atoms with Crippen LogP contribution in [0.4, 0.5) is 4.39 Å². The van der Waals surface area contributed by atoms with Gasteiger partial charge in [0.1, 0.15) is 6.67 Å². The minimum absolute atomic E-state index is 0.0764. The molecule has 0 spiro atoms. The molecule has 0 saturated heterocycles. The number of halogens is 1. The highest BCUT2D eigenvalue weighted by Crippen LogP contribution is 2.15. The van der Waals surface area contributed by atoms with Gasteiger partial charge < -0.3 is 0 Å². The highest BCUT2D eigenvalue weighted by molar-refractivity contribution is 7.90. The zero-order chi connectivity index (χ0) is 9.19. The van der Waals surface area contributed by atoms with Crippen molar-refractivity contribution >= 4 is 9.84 Å². The molecule has 4 heteroatoms.